The minimum Gasteiger partial charge on any atom is -0.103 e. The second-order valence-corrected chi connectivity index (χ2v) is 6.23. The van der Waals surface area contributed by atoms with Crippen LogP contribution >= 0.6 is 0 Å². The molecule has 0 N–H and O–H groups in total. The number of rotatable bonds is 8. The molecule has 2 aromatic rings. The average molecular weight is 315 g/mol. The molecule has 0 unspecified atom stereocenters. The van der Waals surface area contributed by atoms with Crippen LogP contribution in [0, 0.1) is 17.9 Å². The third-order valence-corrected chi connectivity index (χ3v) is 4.10. The zero-order valence-electron chi connectivity index (χ0n) is 14.8. The molecule has 0 fully saturated rings. The number of allylic oxidation sites excluding steroid dienone is 1. The van der Waals surface area contributed by atoms with Gasteiger partial charge in [-0.1, -0.05) is 68.7 Å². The van der Waals surface area contributed by atoms with E-state index in [2.05, 4.69) is 67.8 Å². The summed E-state index contributed by atoms with van der Waals surface area (Å²) < 4.78 is 0. The first-order valence-corrected chi connectivity index (χ1v) is 9.03. The SMILES string of the molecule is C=CCc1ccc(C#Cc2c[c]cc(CCCCCCC)c2)cc1. The topological polar surface area (TPSA) is 0 Å². The molecule has 1 radical (unpaired) electrons. The van der Waals surface area contributed by atoms with Crippen LogP contribution in [-0.2, 0) is 12.8 Å². The Hall–Kier alpha value is -2.26. The van der Waals surface area contributed by atoms with Gasteiger partial charge in [-0.2, -0.15) is 0 Å². The van der Waals surface area contributed by atoms with E-state index in [0.717, 1.165) is 24.0 Å². The Morgan fingerprint density at radius 2 is 1.67 bits per heavy atom. The quantitative estimate of drug-likeness (QED) is 0.312. The highest BCUT2D eigenvalue weighted by atomic mass is 14.0. The molecule has 0 aromatic heterocycles. The van der Waals surface area contributed by atoms with Crippen molar-refractivity contribution in [2.24, 2.45) is 0 Å². The third kappa shape index (κ3) is 6.47. The number of hydrogen-bond donors (Lipinski definition) is 0. The maximum Gasteiger partial charge on any atom is 0.0257 e. The summed E-state index contributed by atoms with van der Waals surface area (Å²) in [6.45, 7) is 6.02. The normalized spacial score (nSPS) is 10.0. The standard InChI is InChI=1S/C24H27/c1-3-5-6-7-8-11-23-12-9-13-24(20-23)19-18-22-16-14-21(10-4-2)15-17-22/h4,12-17,20H,2-3,5-8,10-11H2,1H3. The second kappa shape index (κ2) is 10.5. The first-order chi connectivity index (χ1) is 11.8. The van der Waals surface area contributed by atoms with E-state index in [1.54, 1.807) is 0 Å². The van der Waals surface area contributed by atoms with E-state index in [9.17, 15) is 0 Å². The van der Waals surface area contributed by atoms with Gasteiger partial charge >= 0.3 is 0 Å². The van der Waals surface area contributed by atoms with Gasteiger partial charge in [0.15, 0.2) is 0 Å². The Labute approximate surface area is 147 Å². The lowest BCUT2D eigenvalue weighted by molar-refractivity contribution is 0.632. The third-order valence-electron chi connectivity index (χ3n) is 4.10. The highest BCUT2D eigenvalue weighted by Gasteiger charge is 1.96. The van der Waals surface area contributed by atoms with Gasteiger partial charge in [-0.3, -0.25) is 0 Å². The summed E-state index contributed by atoms with van der Waals surface area (Å²) in [5.41, 5.74) is 4.72. The zero-order chi connectivity index (χ0) is 17.0. The monoisotopic (exact) mass is 315 g/mol. The van der Waals surface area contributed by atoms with Crippen molar-refractivity contribution >= 4 is 0 Å². The van der Waals surface area contributed by atoms with Crippen molar-refractivity contribution in [3.8, 4) is 11.8 Å². The maximum absolute atomic E-state index is 3.77. The molecule has 24 heavy (non-hydrogen) atoms. The number of unbranched alkanes of at least 4 members (excludes halogenated alkanes) is 4. The summed E-state index contributed by atoms with van der Waals surface area (Å²) >= 11 is 0. The van der Waals surface area contributed by atoms with Crippen LogP contribution in [-0.4, -0.2) is 0 Å². The van der Waals surface area contributed by atoms with Crippen LogP contribution in [0.1, 0.15) is 61.3 Å². The smallest absolute Gasteiger partial charge is 0.0257 e. The molecule has 0 aliphatic carbocycles. The zero-order valence-corrected chi connectivity index (χ0v) is 14.8. The molecule has 2 aromatic carbocycles. The molecule has 0 spiro atoms. The van der Waals surface area contributed by atoms with Crippen LogP contribution in [0.2, 0.25) is 0 Å². The molecule has 0 saturated carbocycles. The van der Waals surface area contributed by atoms with Crippen LogP contribution in [0.3, 0.4) is 0 Å². The average Bonchev–Trinajstić information content (AvgIpc) is 2.62. The lowest BCUT2D eigenvalue weighted by atomic mass is 10.0. The van der Waals surface area contributed by atoms with E-state index < -0.39 is 0 Å². The molecule has 0 atom stereocenters. The molecule has 0 heterocycles. The molecule has 2 rings (SSSR count). The van der Waals surface area contributed by atoms with Crippen LogP contribution in [0.4, 0.5) is 0 Å². The van der Waals surface area contributed by atoms with Gasteiger partial charge in [0.05, 0.1) is 0 Å². The molecular weight excluding hydrogens is 288 g/mol. The Balaban J connectivity index is 1.93. The van der Waals surface area contributed by atoms with E-state index in [0.29, 0.717) is 0 Å². The summed E-state index contributed by atoms with van der Waals surface area (Å²) in [4.78, 5) is 0. The summed E-state index contributed by atoms with van der Waals surface area (Å²) in [6.07, 6.45) is 10.5. The summed E-state index contributed by atoms with van der Waals surface area (Å²) in [5, 5.41) is 0. The molecule has 0 heteroatoms. The van der Waals surface area contributed by atoms with Crippen molar-refractivity contribution < 1.29 is 0 Å². The predicted molar refractivity (Wildman–Crippen MR) is 104 cm³/mol. The first kappa shape index (κ1) is 18.1. The molecule has 0 aliphatic heterocycles. The van der Waals surface area contributed by atoms with E-state index >= 15 is 0 Å². The van der Waals surface area contributed by atoms with E-state index in [4.69, 9.17) is 0 Å². The molecule has 0 amide bonds. The summed E-state index contributed by atoms with van der Waals surface area (Å²) in [7, 11) is 0. The minimum absolute atomic E-state index is 0.906. The fourth-order valence-electron chi connectivity index (χ4n) is 2.71. The molecule has 0 aliphatic rings. The maximum atomic E-state index is 3.77. The molecular formula is C24H27. The van der Waals surface area contributed by atoms with E-state index in [1.165, 1.54) is 43.2 Å². The number of aryl methyl sites for hydroxylation is 1. The van der Waals surface area contributed by atoms with Crippen molar-refractivity contribution in [2.75, 3.05) is 0 Å². The Morgan fingerprint density at radius 3 is 2.42 bits per heavy atom. The second-order valence-electron chi connectivity index (χ2n) is 6.23. The highest BCUT2D eigenvalue weighted by Crippen LogP contribution is 2.11. The van der Waals surface area contributed by atoms with Gasteiger partial charge in [0, 0.05) is 11.1 Å². The van der Waals surface area contributed by atoms with Gasteiger partial charge in [-0.25, -0.2) is 0 Å². The van der Waals surface area contributed by atoms with Gasteiger partial charge in [0.2, 0.25) is 0 Å². The van der Waals surface area contributed by atoms with Gasteiger partial charge in [0.1, 0.15) is 0 Å². The molecule has 0 bridgehead atoms. The Bertz CT molecular complexity index is 680. The highest BCUT2D eigenvalue weighted by molar-refractivity contribution is 5.44. The van der Waals surface area contributed by atoms with Gasteiger partial charge in [-0.05, 0) is 60.7 Å². The summed E-state index contributed by atoms with van der Waals surface area (Å²) in [6, 6.07) is 17.9. The van der Waals surface area contributed by atoms with Crippen molar-refractivity contribution in [3.05, 3.63) is 83.4 Å². The van der Waals surface area contributed by atoms with Crippen LogP contribution in [0.5, 0.6) is 0 Å². The van der Waals surface area contributed by atoms with Crippen LogP contribution < -0.4 is 0 Å². The van der Waals surface area contributed by atoms with Crippen molar-refractivity contribution in [2.45, 2.75) is 51.9 Å². The fraction of sp³-hybridized carbons (Fsp3) is 0.333. The summed E-state index contributed by atoms with van der Waals surface area (Å²) in [5.74, 6) is 6.51. The lowest BCUT2D eigenvalue weighted by Gasteiger charge is -2.02. The predicted octanol–water partition coefficient (Wildman–Crippen LogP) is 6.13. The lowest BCUT2D eigenvalue weighted by Crippen LogP contribution is -1.87. The Morgan fingerprint density at radius 1 is 0.917 bits per heavy atom. The fourth-order valence-corrected chi connectivity index (χ4v) is 2.71. The van der Waals surface area contributed by atoms with Gasteiger partial charge in [0.25, 0.3) is 0 Å². The number of benzene rings is 2. The molecule has 123 valence electrons. The minimum atomic E-state index is 0.906. The molecule has 0 saturated heterocycles. The first-order valence-electron chi connectivity index (χ1n) is 9.03. The van der Waals surface area contributed by atoms with Crippen LogP contribution in [0.25, 0.3) is 0 Å². The van der Waals surface area contributed by atoms with Crippen molar-refractivity contribution in [3.63, 3.8) is 0 Å². The Kier molecular flexibility index (Phi) is 7.91. The van der Waals surface area contributed by atoms with Gasteiger partial charge in [-0.15, -0.1) is 6.58 Å². The number of hydrogen-bond acceptors (Lipinski definition) is 0. The van der Waals surface area contributed by atoms with Crippen molar-refractivity contribution in [1.82, 2.24) is 0 Å². The van der Waals surface area contributed by atoms with E-state index in [-0.39, 0.29) is 0 Å². The van der Waals surface area contributed by atoms with E-state index in [1.807, 2.05) is 12.1 Å². The van der Waals surface area contributed by atoms with Gasteiger partial charge < -0.3 is 0 Å². The van der Waals surface area contributed by atoms with Crippen molar-refractivity contribution in [1.29, 1.82) is 0 Å². The largest absolute Gasteiger partial charge is 0.103 e. The molecule has 0 nitrogen and oxygen atoms in total. The van der Waals surface area contributed by atoms with Crippen LogP contribution in [0.15, 0.2) is 55.1 Å².